The molecule has 0 atom stereocenters. The maximum Gasteiger partial charge on any atom is 0.410 e. The Hall–Kier alpha value is -1.98. The molecule has 19 heavy (non-hydrogen) atoms. The fourth-order valence-corrected chi connectivity index (χ4v) is 1.50. The summed E-state index contributed by atoms with van der Waals surface area (Å²) in [5, 5.41) is 0. The highest BCUT2D eigenvalue weighted by Crippen LogP contribution is 2.08. The third-order valence-corrected chi connectivity index (χ3v) is 2.34. The Labute approximate surface area is 112 Å². The van der Waals surface area contributed by atoms with Gasteiger partial charge in [-0.25, -0.2) is 4.79 Å². The molecule has 0 aromatic carbocycles. The quantitative estimate of drug-likeness (QED) is 0.710. The van der Waals surface area contributed by atoms with Crippen molar-refractivity contribution in [3.05, 3.63) is 24.2 Å². The van der Waals surface area contributed by atoms with E-state index in [9.17, 15) is 9.59 Å². The van der Waals surface area contributed by atoms with Crippen LogP contribution in [0.5, 0.6) is 0 Å². The van der Waals surface area contributed by atoms with E-state index in [4.69, 9.17) is 13.9 Å². The predicted molar refractivity (Wildman–Crippen MR) is 67.4 cm³/mol. The van der Waals surface area contributed by atoms with Crippen LogP contribution in [0, 0.1) is 0 Å². The van der Waals surface area contributed by atoms with Crippen molar-refractivity contribution in [2.45, 2.75) is 26.8 Å². The molecule has 6 heteroatoms. The number of ether oxygens (including phenoxy) is 2. The summed E-state index contributed by atoms with van der Waals surface area (Å²) >= 11 is 0. The number of furan rings is 1. The van der Waals surface area contributed by atoms with Gasteiger partial charge in [-0.05, 0) is 26.0 Å². The number of hydrogen-bond donors (Lipinski definition) is 0. The summed E-state index contributed by atoms with van der Waals surface area (Å²) in [6, 6.07) is 3.50. The first-order chi connectivity index (χ1) is 9.17. The molecule has 1 aromatic heterocycles. The molecule has 1 rings (SSSR count). The van der Waals surface area contributed by atoms with Crippen LogP contribution in [0.1, 0.15) is 26.0 Å². The molecule has 0 N–H and O–H groups in total. The Balaban J connectivity index is 2.54. The van der Waals surface area contributed by atoms with Crippen LogP contribution < -0.4 is 0 Å². The van der Waals surface area contributed by atoms with Crippen LogP contribution in [0.3, 0.4) is 0 Å². The van der Waals surface area contributed by atoms with Gasteiger partial charge in [0, 0.05) is 6.54 Å². The van der Waals surface area contributed by atoms with Crippen molar-refractivity contribution in [3.63, 3.8) is 0 Å². The van der Waals surface area contributed by atoms with Crippen LogP contribution in [0.15, 0.2) is 22.8 Å². The van der Waals surface area contributed by atoms with E-state index < -0.39 is 6.09 Å². The van der Waals surface area contributed by atoms with Crippen molar-refractivity contribution >= 4 is 12.1 Å². The molecular formula is C13H19NO5. The Kier molecular flexibility index (Phi) is 6.49. The summed E-state index contributed by atoms with van der Waals surface area (Å²) in [6.45, 7) is 4.59. The molecule has 106 valence electrons. The molecule has 0 saturated heterocycles. The van der Waals surface area contributed by atoms with Crippen molar-refractivity contribution < 1.29 is 23.5 Å². The van der Waals surface area contributed by atoms with Crippen LogP contribution in [-0.4, -0.2) is 36.7 Å². The lowest BCUT2D eigenvalue weighted by atomic mass is 10.3. The fraction of sp³-hybridized carbons (Fsp3) is 0.538. The average Bonchev–Trinajstić information content (AvgIpc) is 2.88. The predicted octanol–water partition coefficient (Wildman–Crippen LogP) is 2.19. The SMILES string of the molecule is CCOC(=O)CCN(Cc1ccco1)C(=O)OCC. The maximum atomic E-state index is 11.7. The molecule has 1 amide bonds. The highest BCUT2D eigenvalue weighted by molar-refractivity contribution is 5.71. The second-order valence-corrected chi connectivity index (χ2v) is 3.75. The maximum absolute atomic E-state index is 11.7. The van der Waals surface area contributed by atoms with Crippen LogP contribution in [0.4, 0.5) is 4.79 Å². The lowest BCUT2D eigenvalue weighted by Crippen LogP contribution is -2.33. The molecule has 0 bridgehead atoms. The minimum atomic E-state index is -0.469. The standard InChI is InChI=1S/C13H19NO5/c1-3-17-12(15)7-8-14(13(16)18-4-2)10-11-6-5-9-19-11/h5-6,9H,3-4,7-8,10H2,1-2H3. The van der Waals surface area contributed by atoms with Gasteiger partial charge < -0.3 is 18.8 Å². The largest absolute Gasteiger partial charge is 0.467 e. The van der Waals surface area contributed by atoms with Gasteiger partial charge in [0.2, 0.25) is 0 Å². The fourth-order valence-electron chi connectivity index (χ4n) is 1.50. The van der Waals surface area contributed by atoms with E-state index in [0.717, 1.165) is 0 Å². The molecule has 0 saturated carbocycles. The minimum Gasteiger partial charge on any atom is -0.467 e. The summed E-state index contributed by atoms with van der Waals surface area (Å²) in [6.07, 6.45) is 1.19. The number of nitrogens with zero attached hydrogens (tertiary/aromatic N) is 1. The van der Waals surface area contributed by atoms with E-state index in [1.165, 1.54) is 11.2 Å². The smallest absolute Gasteiger partial charge is 0.410 e. The first-order valence-electron chi connectivity index (χ1n) is 6.27. The van der Waals surface area contributed by atoms with Gasteiger partial charge in [-0.2, -0.15) is 0 Å². The van der Waals surface area contributed by atoms with Gasteiger partial charge in [0.25, 0.3) is 0 Å². The summed E-state index contributed by atoms with van der Waals surface area (Å²) in [7, 11) is 0. The third-order valence-electron chi connectivity index (χ3n) is 2.34. The van der Waals surface area contributed by atoms with Gasteiger partial charge >= 0.3 is 12.1 Å². The van der Waals surface area contributed by atoms with Crippen molar-refractivity contribution in [1.29, 1.82) is 0 Å². The minimum absolute atomic E-state index is 0.132. The van der Waals surface area contributed by atoms with E-state index in [2.05, 4.69) is 0 Å². The molecule has 1 aromatic rings. The Morgan fingerprint density at radius 1 is 1.26 bits per heavy atom. The van der Waals surface area contributed by atoms with Crippen molar-refractivity contribution in [2.75, 3.05) is 19.8 Å². The van der Waals surface area contributed by atoms with Gasteiger partial charge in [-0.1, -0.05) is 0 Å². The summed E-state index contributed by atoms with van der Waals surface area (Å²) in [5.41, 5.74) is 0. The Bertz CT molecular complexity index is 388. The number of esters is 1. The number of rotatable bonds is 7. The molecule has 0 unspecified atom stereocenters. The zero-order chi connectivity index (χ0) is 14.1. The van der Waals surface area contributed by atoms with Gasteiger partial charge in [0.05, 0.1) is 32.4 Å². The Morgan fingerprint density at radius 2 is 2.00 bits per heavy atom. The highest BCUT2D eigenvalue weighted by Gasteiger charge is 2.17. The van der Waals surface area contributed by atoms with E-state index in [0.29, 0.717) is 12.4 Å². The Morgan fingerprint density at radius 3 is 2.58 bits per heavy atom. The van der Waals surface area contributed by atoms with Gasteiger partial charge in [-0.15, -0.1) is 0 Å². The van der Waals surface area contributed by atoms with Crippen molar-refractivity contribution in [3.8, 4) is 0 Å². The van der Waals surface area contributed by atoms with Crippen LogP contribution >= 0.6 is 0 Å². The molecule has 0 aliphatic carbocycles. The second kappa shape index (κ2) is 8.18. The summed E-state index contributed by atoms with van der Waals surface area (Å²) in [5.74, 6) is 0.299. The van der Waals surface area contributed by atoms with Crippen molar-refractivity contribution in [2.24, 2.45) is 0 Å². The van der Waals surface area contributed by atoms with E-state index in [-0.39, 0.29) is 32.1 Å². The number of carbonyl (C=O) groups is 2. The van der Waals surface area contributed by atoms with Crippen LogP contribution in [0.2, 0.25) is 0 Å². The van der Waals surface area contributed by atoms with Gasteiger partial charge in [0.1, 0.15) is 5.76 Å². The molecule has 0 aliphatic heterocycles. The summed E-state index contributed by atoms with van der Waals surface area (Å²) in [4.78, 5) is 24.5. The molecule has 0 fully saturated rings. The zero-order valence-electron chi connectivity index (χ0n) is 11.3. The molecule has 6 nitrogen and oxygen atoms in total. The number of hydrogen-bond acceptors (Lipinski definition) is 5. The lowest BCUT2D eigenvalue weighted by Gasteiger charge is -2.20. The van der Waals surface area contributed by atoms with Crippen LogP contribution in [0.25, 0.3) is 0 Å². The number of carbonyl (C=O) groups excluding carboxylic acids is 2. The van der Waals surface area contributed by atoms with Gasteiger partial charge in [-0.3, -0.25) is 4.79 Å². The molecule has 1 heterocycles. The zero-order valence-corrected chi connectivity index (χ0v) is 11.3. The van der Waals surface area contributed by atoms with Gasteiger partial charge in [0.15, 0.2) is 0 Å². The van der Waals surface area contributed by atoms with E-state index >= 15 is 0 Å². The average molecular weight is 269 g/mol. The normalized spacial score (nSPS) is 10.0. The lowest BCUT2D eigenvalue weighted by molar-refractivity contribution is -0.143. The van der Waals surface area contributed by atoms with E-state index in [1.54, 1.807) is 26.0 Å². The molecule has 0 radical (unpaired) electrons. The first-order valence-corrected chi connectivity index (χ1v) is 6.27. The molecule has 0 spiro atoms. The molecular weight excluding hydrogens is 250 g/mol. The molecule has 0 aliphatic rings. The topological polar surface area (TPSA) is 69.0 Å². The first kappa shape index (κ1) is 15.1. The second-order valence-electron chi connectivity index (χ2n) is 3.75. The van der Waals surface area contributed by atoms with E-state index in [1.807, 2.05) is 0 Å². The third kappa shape index (κ3) is 5.46. The summed E-state index contributed by atoms with van der Waals surface area (Å²) < 4.78 is 14.9. The highest BCUT2D eigenvalue weighted by atomic mass is 16.6. The van der Waals surface area contributed by atoms with Crippen molar-refractivity contribution in [1.82, 2.24) is 4.90 Å². The monoisotopic (exact) mass is 269 g/mol. The number of amides is 1. The van der Waals surface area contributed by atoms with Crippen LogP contribution in [-0.2, 0) is 20.8 Å².